The molecule has 1 amide bonds. The summed E-state index contributed by atoms with van der Waals surface area (Å²) in [5.74, 6) is -0.596. The number of para-hydroxylation sites is 1. The molecule has 24 heavy (non-hydrogen) atoms. The summed E-state index contributed by atoms with van der Waals surface area (Å²) < 4.78 is 42.5. The van der Waals surface area contributed by atoms with Crippen LogP contribution in [0.5, 0.6) is 5.75 Å². The maximum Gasteiger partial charge on any atom is 0.255 e. The minimum atomic E-state index is -3.50. The molecular formula is C17H14FNO4S. The molecule has 7 heteroatoms. The molecule has 0 aromatic heterocycles. The van der Waals surface area contributed by atoms with Gasteiger partial charge in [0.1, 0.15) is 18.2 Å². The summed E-state index contributed by atoms with van der Waals surface area (Å²) in [6.45, 7) is 0.0518. The van der Waals surface area contributed by atoms with E-state index >= 15 is 0 Å². The molecular weight excluding hydrogens is 333 g/mol. The first-order chi connectivity index (χ1) is 11.3. The predicted octanol–water partition coefficient (Wildman–Crippen LogP) is 2.64. The van der Waals surface area contributed by atoms with Crippen molar-refractivity contribution in [2.45, 2.75) is 4.90 Å². The molecule has 0 bridgehead atoms. The van der Waals surface area contributed by atoms with E-state index in [4.69, 9.17) is 4.74 Å². The minimum absolute atomic E-state index is 0.0518. The van der Waals surface area contributed by atoms with E-state index in [0.29, 0.717) is 11.3 Å². The molecule has 5 nitrogen and oxygen atoms in total. The van der Waals surface area contributed by atoms with E-state index < -0.39 is 21.6 Å². The van der Waals surface area contributed by atoms with E-state index in [1.54, 1.807) is 18.2 Å². The molecule has 0 atom stereocenters. The van der Waals surface area contributed by atoms with Crippen LogP contribution >= 0.6 is 0 Å². The summed E-state index contributed by atoms with van der Waals surface area (Å²) in [6, 6.07) is 10.5. The van der Waals surface area contributed by atoms with Gasteiger partial charge in [-0.05, 0) is 30.3 Å². The second-order valence-electron chi connectivity index (χ2n) is 5.36. The SMILES string of the molecule is CS(=O)(=O)c1ccc(F)c(NC(=O)C2=Cc3ccccc3OC2)c1. The van der Waals surface area contributed by atoms with Gasteiger partial charge in [0.25, 0.3) is 5.91 Å². The third-order valence-corrected chi connectivity index (χ3v) is 4.65. The highest BCUT2D eigenvalue weighted by molar-refractivity contribution is 7.90. The highest BCUT2D eigenvalue weighted by Crippen LogP contribution is 2.27. The second-order valence-corrected chi connectivity index (χ2v) is 7.38. The van der Waals surface area contributed by atoms with Crippen molar-refractivity contribution >= 4 is 27.5 Å². The van der Waals surface area contributed by atoms with Crippen LogP contribution in [0.15, 0.2) is 52.9 Å². The molecule has 1 aliphatic heterocycles. The molecule has 0 unspecified atom stereocenters. The molecule has 0 saturated heterocycles. The number of hydrogen-bond acceptors (Lipinski definition) is 4. The lowest BCUT2D eigenvalue weighted by Gasteiger charge is -2.17. The Labute approximate surface area is 138 Å². The monoisotopic (exact) mass is 347 g/mol. The van der Waals surface area contributed by atoms with Gasteiger partial charge in [0.2, 0.25) is 0 Å². The van der Waals surface area contributed by atoms with Crippen molar-refractivity contribution in [2.75, 3.05) is 18.2 Å². The summed E-state index contributed by atoms with van der Waals surface area (Å²) in [5, 5.41) is 2.40. The van der Waals surface area contributed by atoms with Crippen molar-refractivity contribution in [3.05, 3.63) is 59.4 Å². The topological polar surface area (TPSA) is 72.5 Å². The van der Waals surface area contributed by atoms with Gasteiger partial charge in [0.15, 0.2) is 9.84 Å². The lowest BCUT2D eigenvalue weighted by Crippen LogP contribution is -2.21. The molecule has 2 aromatic carbocycles. The van der Waals surface area contributed by atoms with Gasteiger partial charge in [-0.1, -0.05) is 18.2 Å². The van der Waals surface area contributed by atoms with Crippen LogP contribution in [0.4, 0.5) is 10.1 Å². The Morgan fingerprint density at radius 1 is 1.21 bits per heavy atom. The van der Waals surface area contributed by atoms with Gasteiger partial charge >= 0.3 is 0 Å². The molecule has 0 radical (unpaired) electrons. The quantitative estimate of drug-likeness (QED) is 0.867. The van der Waals surface area contributed by atoms with Crippen LogP contribution in [0.1, 0.15) is 5.56 Å². The fourth-order valence-corrected chi connectivity index (χ4v) is 2.93. The van der Waals surface area contributed by atoms with E-state index in [2.05, 4.69) is 5.32 Å². The van der Waals surface area contributed by atoms with Crippen molar-refractivity contribution in [3.8, 4) is 5.75 Å². The summed E-state index contributed by atoms with van der Waals surface area (Å²) >= 11 is 0. The summed E-state index contributed by atoms with van der Waals surface area (Å²) in [4.78, 5) is 12.2. The number of fused-ring (bicyclic) bond motifs is 1. The van der Waals surface area contributed by atoms with Crippen LogP contribution in [0.2, 0.25) is 0 Å². The molecule has 1 heterocycles. The number of anilines is 1. The number of carbonyl (C=O) groups excluding carboxylic acids is 1. The Balaban J connectivity index is 1.87. The number of benzene rings is 2. The maximum atomic E-state index is 13.9. The lowest BCUT2D eigenvalue weighted by molar-refractivity contribution is -0.113. The number of rotatable bonds is 3. The van der Waals surface area contributed by atoms with Gasteiger partial charge in [-0.15, -0.1) is 0 Å². The third kappa shape index (κ3) is 3.30. The van der Waals surface area contributed by atoms with Gasteiger partial charge in [0.05, 0.1) is 16.2 Å². The first-order valence-electron chi connectivity index (χ1n) is 7.08. The number of hydrogen-bond donors (Lipinski definition) is 1. The molecule has 0 saturated carbocycles. The zero-order valence-electron chi connectivity index (χ0n) is 12.7. The van der Waals surface area contributed by atoms with Gasteiger partial charge < -0.3 is 10.1 Å². The molecule has 0 spiro atoms. The highest BCUT2D eigenvalue weighted by Gasteiger charge is 2.19. The van der Waals surface area contributed by atoms with Gasteiger partial charge in [-0.3, -0.25) is 4.79 Å². The van der Waals surface area contributed by atoms with Gasteiger partial charge in [-0.2, -0.15) is 0 Å². The Hall–Kier alpha value is -2.67. The summed E-state index contributed by atoms with van der Waals surface area (Å²) in [7, 11) is -3.50. The van der Waals surface area contributed by atoms with Crippen LogP contribution in [-0.4, -0.2) is 27.2 Å². The Kier molecular flexibility index (Phi) is 4.11. The number of nitrogens with one attached hydrogen (secondary N) is 1. The van der Waals surface area contributed by atoms with E-state index in [9.17, 15) is 17.6 Å². The average molecular weight is 347 g/mol. The van der Waals surface area contributed by atoms with E-state index in [1.165, 1.54) is 0 Å². The number of halogens is 1. The standard InChI is InChI=1S/C17H14FNO4S/c1-24(21,22)13-6-7-14(18)15(9-13)19-17(20)12-8-11-4-2-3-5-16(11)23-10-12/h2-9H,10H2,1H3,(H,19,20). The van der Waals surface area contributed by atoms with Gasteiger partial charge in [0, 0.05) is 11.8 Å². The summed E-state index contributed by atoms with van der Waals surface area (Å²) in [6.07, 6.45) is 2.67. The van der Waals surface area contributed by atoms with Crippen molar-refractivity contribution < 1.29 is 22.3 Å². The second kappa shape index (κ2) is 6.09. The van der Waals surface area contributed by atoms with Crippen molar-refractivity contribution in [3.63, 3.8) is 0 Å². The largest absolute Gasteiger partial charge is 0.488 e. The molecule has 0 aliphatic carbocycles. The molecule has 1 aliphatic rings. The molecule has 3 rings (SSSR count). The Bertz CT molecular complexity index is 951. The van der Waals surface area contributed by atoms with Crippen molar-refractivity contribution in [2.24, 2.45) is 0 Å². The average Bonchev–Trinajstić information content (AvgIpc) is 2.55. The van der Waals surface area contributed by atoms with Crippen molar-refractivity contribution in [1.82, 2.24) is 0 Å². The Morgan fingerprint density at radius 2 is 1.96 bits per heavy atom. The van der Waals surface area contributed by atoms with E-state index in [-0.39, 0.29) is 17.2 Å². The zero-order valence-corrected chi connectivity index (χ0v) is 13.6. The predicted molar refractivity (Wildman–Crippen MR) is 88.1 cm³/mol. The number of sulfone groups is 1. The number of amides is 1. The van der Waals surface area contributed by atoms with Crippen LogP contribution < -0.4 is 10.1 Å². The van der Waals surface area contributed by atoms with Crippen LogP contribution in [-0.2, 0) is 14.6 Å². The molecule has 0 fully saturated rings. The number of ether oxygens (including phenoxy) is 1. The highest BCUT2D eigenvalue weighted by atomic mass is 32.2. The van der Waals surface area contributed by atoms with Crippen molar-refractivity contribution in [1.29, 1.82) is 0 Å². The fraction of sp³-hybridized carbons (Fsp3) is 0.118. The van der Waals surface area contributed by atoms with E-state index in [1.807, 2.05) is 12.1 Å². The Morgan fingerprint density at radius 3 is 2.71 bits per heavy atom. The third-order valence-electron chi connectivity index (χ3n) is 3.54. The molecule has 2 aromatic rings. The van der Waals surface area contributed by atoms with Crippen LogP contribution in [0, 0.1) is 5.82 Å². The zero-order chi connectivity index (χ0) is 17.3. The minimum Gasteiger partial charge on any atom is -0.488 e. The first-order valence-corrected chi connectivity index (χ1v) is 8.97. The van der Waals surface area contributed by atoms with E-state index in [0.717, 1.165) is 30.0 Å². The normalized spacial score (nSPS) is 13.5. The van der Waals surface area contributed by atoms with Crippen LogP contribution in [0.25, 0.3) is 6.08 Å². The fourth-order valence-electron chi connectivity index (χ4n) is 2.28. The van der Waals surface area contributed by atoms with Crippen LogP contribution in [0.3, 0.4) is 0 Å². The molecule has 1 N–H and O–H groups in total. The van der Waals surface area contributed by atoms with Gasteiger partial charge in [-0.25, -0.2) is 12.8 Å². The summed E-state index contributed by atoms with van der Waals surface area (Å²) in [5.41, 5.74) is 0.875. The molecule has 124 valence electrons. The first kappa shape index (κ1) is 16.2. The number of carbonyl (C=O) groups is 1. The smallest absolute Gasteiger partial charge is 0.255 e. The maximum absolute atomic E-state index is 13.9. The lowest BCUT2D eigenvalue weighted by atomic mass is 10.1.